The lowest BCUT2D eigenvalue weighted by Gasteiger charge is -2.08. The van der Waals surface area contributed by atoms with Gasteiger partial charge in [0.15, 0.2) is 0 Å². The predicted molar refractivity (Wildman–Crippen MR) is 112 cm³/mol. The molecule has 27 heavy (non-hydrogen) atoms. The summed E-state index contributed by atoms with van der Waals surface area (Å²) in [6.45, 7) is 4.47. The van der Waals surface area contributed by atoms with Crippen molar-refractivity contribution >= 4 is 45.8 Å². The van der Waals surface area contributed by atoms with Crippen molar-refractivity contribution in [2.75, 3.05) is 17.2 Å². The number of rotatable bonds is 4. The molecule has 0 amide bonds. The van der Waals surface area contributed by atoms with Crippen LogP contribution in [0, 0.1) is 6.92 Å². The van der Waals surface area contributed by atoms with Gasteiger partial charge in [-0.25, -0.2) is 20.3 Å². The van der Waals surface area contributed by atoms with Gasteiger partial charge >= 0.3 is 5.96 Å². The van der Waals surface area contributed by atoms with E-state index < -0.39 is 0 Å². The fourth-order valence-electron chi connectivity index (χ4n) is 2.53. The number of ether oxygens (including phenoxy) is 1. The molecule has 0 aliphatic carbocycles. The van der Waals surface area contributed by atoms with Crippen molar-refractivity contribution in [3.05, 3.63) is 54.2 Å². The van der Waals surface area contributed by atoms with Crippen LogP contribution in [0.2, 0.25) is 0 Å². The van der Waals surface area contributed by atoms with Crippen molar-refractivity contribution in [2.24, 2.45) is 5.73 Å². The summed E-state index contributed by atoms with van der Waals surface area (Å²) in [4.78, 5) is 11.8. The Kier molecular flexibility index (Phi) is 5.77. The molecule has 0 fully saturated rings. The molecule has 0 radical (unpaired) electrons. The number of hydrogen-bond donors (Lipinski definition) is 4. The van der Waals surface area contributed by atoms with E-state index in [1.807, 2.05) is 62.4 Å². The van der Waals surface area contributed by atoms with Gasteiger partial charge in [-0.2, -0.15) is 0 Å². The Morgan fingerprint density at radius 3 is 2.67 bits per heavy atom. The first-order valence-electron chi connectivity index (χ1n) is 8.49. The molecule has 2 aromatic carbocycles. The molecule has 3 rings (SSSR count). The summed E-state index contributed by atoms with van der Waals surface area (Å²) in [5.41, 5.74) is 8.47. The molecule has 0 spiro atoms. The molecule has 0 saturated carbocycles. The summed E-state index contributed by atoms with van der Waals surface area (Å²) >= 11 is 5.25. The quantitative estimate of drug-likeness (QED) is 0.309. The summed E-state index contributed by atoms with van der Waals surface area (Å²) in [6.07, 6.45) is 0. The standard InChI is InChI=1S/C19H20N6OS/c1-3-26-14-9-10-16-15(11-14)12(2)21-18(23-16)24-17(20)25-19(27)22-13-7-5-4-6-8-13/h4-11H,3H2,1-2H3,(H4,20,21,22,23,24,25,27)/p+1. The highest BCUT2D eigenvalue weighted by Gasteiger charge is 2.10. The minimum atomic E-state index is 0.230. The molecule has 1 aromatic heterocycles. The van der Waals surface area contributed by atoms with Crippen LogP contribution in [0.15, 0.2) is 48.5 Å². The molecule has 0 aliphatic heterocycles. The van der Waals surface area contributed by atoms with E-state index >= 15 is 0 Å². The van der Waals surface area contributed by atoms with Gasteiger partial charge in [-0.05, 0) is 56.4 Å². The van der Waals surface area contributed by atoms with Crippen LogP contribution < -0.4 is 26.1 Å². The van der Waals surface area contributed by atoms with Crippen LogP contribution in [0.1, 0.15) is 12.6 Å². The Morgan fingerprint density at radius 2 is 1.93 bits per heavy atom. The number of nitrogens with one attached hydrogen (secondary N) is 3. The number of aromatic nitrogens is 2. The molecular formula is C19H21N6OS+. The van der Waals surface area contributed by atoms with Crippen LogP contribution in [0.25, 0.3) is 10.9 Å². The maximum atomic E-state index is 5.99. The summed E-state index contributed by atoms with van der Waals surface area (Å²) < 4.78 is 5.53. The molecule has 1 heterocycles. The number of hydrogen-bond acceptors (Lipinski definition) is 4. The first kappa shape index (κ1) is 18.5. The van der Waals surface area contributed by atoms with Gasteiger partial charge in [-0.3, -0.25) is 5.32 Å². The van der Waals surface area contributed by atoms with E-state index in [9.17, 15) is 0 Å². The van der Waals surface area contributed by atoms with E-state index in [1.54, 1.807) is 0 Å². The highest BCUT2D eigenvalue weighted by molar-refractivity contribution is 7.80. The van der Waals surface area contributed by atoms with Crippen molar-refractivity contribution < 1.29 is 9.73 Å². The molecule has 5 N–H and O–H groups in total. The molecule has 8 heteroatoms. The topological polar surface area (TPSA) is 99.1 Å². The van der Waals surface area contributed by atoms with Crippen molar-refractivity contribution in [1.29, 1.82) is 0 Å². The van der Waals surface area contributed by atoms with Gasteiger partial charge in [-0.1, -0.05) is 18.2 Å². The largest absolute Gasteiger partial charge is 0.494 e. The second kappa shape index (κ2) is 8.41. The van der Waals surface area contributed by atoms with E-state index in [4.69, 9.17) is 22.7 Å². The summed E-state index contributed by atoms with van der Waals surface area (Å²) in [6, 6.07) is 15.3. The van der Waals surface area contributed by atoms with E-state index in [0.717, 1.165) is 28.0 Å². The third kappa shape index (κ3) is 4.89. The zero-order valence-corrected chi connectivity index (χ0v) is 15.9. The van der Waals surface area contributed by atoms with Crippen molar-refractivity contribution in [3.63, 3.8) is 0 Å². The van der Waals surface area contributed by atoms with E-state index in [2.05, 4.69) is 25.6 Å². The molecule has 0 saturated heterocycles. The zero-order valence-electron chi connectivity index (χ0n) is 15.1. The van der Waals surface area contributed by atoms with Crippen LogP contribution in [-0.2, 0) is 0 Å². The van der Waals surface area contributed by atoms with Crippen molar-refractivity contribution in [1.82, 2.24) is 9.97 Å². The fraction of sp³-hybridized carbons (Fsp3) is 0.158. The summed E-state index contributed by atoms with van der Waals surface area (Å²) in [5, 5.41) is 7.27. The Balaban J connectivity index is 1.75. The maximum Gasteiger partial charge on any atom is 0.312 e. The van der Waals surface area contributed by atoms with Crippen molar-refractivity contribution in [3.8, 4) is 5.75 Å². The van der Waals surface area contributed by atoms with Gasteiger partial charge in [0.25, 0.3) is 11.1 Å². The van der Waals surface area contributed by atoms with Gasteiger partial charge in [0, 0.05) is 5.39 Å². The van der Waals surface area contributed by atoms with Gasteiger partial charge in [0.2, 0.25) is 0 Å². The van der Waals surface area contributed by atoms with Crippen LogP contribution in [0.5, 0.6) is 5.75 Å². The number of thiocarbonyl (C=S) groups is 1. The predicted octanol–water partition coefficient (Wildman–Crippen LogP) is 1.54. The lowest BCUT2D eigenvalue weighted by Crippen LogP contribution is -2.82. The Bertz CT molecular complexity index is 990. The van der Waals surface area contributed by atoms with Crippen LogP contribution >= 0.6 is 12.2 Å². The molecule has 3 aromatic rings. The molecule has 0 aliphatic rings. The van der Waals surface area contributed by atoms with E-state index in [1.165, 1.54) is 0 Å². The number of benzene rings is 2. The molecule has 0 bridgehead atoms. The van der Waals surface area contributed by atoms with Gasteiger partial charge in [-0.15, -0.1) is 0 Å². The molecular weight excluding hydrogens is 360 g/mol. The first-order valence-corrected chi connectivity index (χ1v) is 8.89. The van der Waals surface area contributed by atoms with Gasteiger partial charge in [0.1, 0.15) is 5.75 Å². The molecule has 7 nitrogen and oxygen atoms in total. The summed E-state index contributed by atoms with van der Waals surface area (Å²) in [5.74, 6) is 1.41. The number of nitrogens with zero attached hydrogens (tertiary/aromatic N) is 2. The number of aryl methyl sites for hydroxylation is 1. The van der Waals surface area contributed by atoms with Crippen LogP contribution in [0.3, 0.4) is 0 Å². The van der Waals surface area contributed by atoms with E-state index in [0.29, 0.717) is 17.7 Å². The zero-order chi connectivity index (χ0) is 19.2. The number of fused-ring (bicyclic) bond motifs is 1. The lowest BCUT2D eigenvalue weighted by molar-refractivity contribution is -0.311. The number of nitrogens with two attached hydrogens (primary N) is 1. The highest BCUT2D eigenvalue weighted by atomic mass is 32.1. The Morgan fingerprint density at radius 1 is 1.15 bits per heavy atom. The number of anilines is 2. The Labute approximate surface area is 162 Å². The van der Waals surface area contributed by atoms with E-state index in [-0.39, 0.29) is 5.96 Å². The molecule has 0 unspecified atom stereocenters. The minimum Gasteiger partial charge on any atom is -0.494 e. The average molecular weight is 381 g/mol. The first-order chi connectivity index (χ1) is 13.0. The van der Waals surface area contributed by atoms with Gasteiger partial charge in [0.05, 0.1) is 23.5 Å². The third-order valence-electron chi connectivity index (χ3n) is 3.70. The minimum absolute atomic E-state index is 0.230. The highest BCUT2D eigenvalue weighted by Crippen LogP contribution is 2.22. The van der Waals surface area contributed by atoms with Gasteiger partial charge < -0.3 is 10.5 Å². The number of guanidine groups is 1. The monoisotopic (exact) mass is 381 g/mol. The summed E-state index contributed by atoms with van der Waals surface area (Å²) in [7, 11) is 0. The maximum absolute atomic E-state index is 5.99. The SMILES string of the molecule is CCOc1ccc2nc(NC(N)=[NH+]C(=S)Nc3ccccc3)nc(C)c2c1. The Hall–Kier alpha value is -3.26. The fourth-order valence-corrected chi connectivity index (χ4v) is 2.76. The van der Waals surface area contributed by atoms with Crippen LogP contribution in [-0.4, -0.2) is 27.6 Å². The average Bonchev–Trinajstić information content (AvgIpc) is 2.63. The smallest absolute Gasteiger partial charge is 0.312 e. The van der Waals surface area contributed by atoms with Crippen LogP contribution in [0.4, 0.5) is 11.6 Å². The number of para-hydroxylation sites is 1. The lowest BCUT2D eigenvalue weighted by atomic mass is 10.2. The molecule has 138 valence electrons. The normalized spacial score (nSPS) is 11.3. The molecule has 0 atom stereocenters. The second-order valence-electron chi connectivity index (χ2n) is 5.73. The van der Waals surface area contributed by atoms with Crippen molar-refractivity contribution in [2.45, 2.75) is 13.8 Å². The third-order valence-corrected chi connectivity index (χ3v) is 3.90. The second-order valence-corrected chi connectivity index (χ2v) is 6.14.